The van der Waals surface area contributed by atoms with Crippen LogP contribution in [0.1, 0.15) is 61.0 Å². The summed E-state index contributed by atoms with van der Waals surface area (Å²) in [5.74, 6) is -0.682. The number of alkyl halides is 3. The van der Waals surface area contributed by atoms with Gasteiger partial charge in [-0.2, -0.15) is 18.4 Å². The zero-order valence-corrected chi connectivity index (χ0v) is 18.5. The lowest BCUT2D eigenvalue weighted by Gasteiger charge is -2.40. The van der Waals surface area contributed by atoms with Gasteiger partial charge in [0.15, 0.2) is 5.60 Å². The van der Waals surface area contributed by atoms with Crippen LogP contribution >= 0.6 is 0 Å². The van der Waals surface area contributed by atoms with Gasteiger partial charge in [-0.15, -0.1) is 0 Å². The first-order chi connectivity index (χ1) is 15.4. The molecule has 1 atom stereocenters. The molecule has 3 rings (SSSR count). The molecule has 2 aromatic carbocycles. The van der Waals surface area contributed by atoms with Gasteiger partial charge in [0.05, 0.1) is 11.5 Å². The standard InChI is InChI=1S/C25H26F4N2O2/c1-3-31(22(32)17-4-6-18(7-5-17)23(2,33)25(27,28)29)21-12-14-24(16-30,15-13-21)19-8-10-20(26)11-9-19/h4-11,21,33H,3,12-15H2,1-2H3/t21-,23-,24-/m0/s1. The second kappa shape index (κ2) is 9.14. The molecule has 0 radical (unpaired) electrons. The van der Waals surface area contributed by atoms with Crippen LogP contribution < -0.4 is 0 Å². The van der Waals surface area contributed by atoms with Crippen molar-refractivity contribution in [2.45, 2.75) is 62.8 Å². The smallest absolute Gasteiger partial charge is 0.376 e. The Morgan fingerprint density at radius 3 is 2.12 bits per heavy atom. The Labute approximate surface area is 190 Å². The summed E-state index contributed by atoms with van der Waals surface area (Å²) in [7, 11) is 0. The molecular formula is C25H26F4N2O2. The second-order valence-corrected chi connectivity index (χ2v) is 8.67. The fourth-order valence-corrected chi connectivity index (χ4v) is 4.48. The van der Waals surface area contributed by atoms with E-state index in [1.165, 1.54) is 24.3 Å². The predicted molar refractivity (Wildman–Crippen MR) is 115 cm³/mol. The minimum Gasteiger partial charge on any atom is -0.376 e. The average molecular weight is 462 g/mol. The van der Waals surface area contributed by atoms with Gasteiger partial charge < -0.3 is 10.0 Å². The third kappa shape index (κ3) is 4.74. The summed E-state index contributed by atoms with van der Waals surface area (Å²) in [6.07, 6.45) is -2.67. The molecule has 2 aromatic rings. The van der Waals surface area contributed by atoms with Crippen LogP contribution in [0.5, 0.6) is 0 Å². The monoisotopic (exact) mass is 462 g/mol. The number of hydrogen-bond donors (Lipinski definition) is 1. The molecule has 0 unspecified atom stereocenters. The minimum absolute atomic E-state index is 0.123. The van der Waals surface area contributed by atoms with Crippen molar-refractivity contribution < 1.29 is 27.5 Å². The van der Waals surface area contributed by atoms with Gasteiger partial charge in [0.2, 0.25) is 0 Å². The molecule has 0 spiro atoms. The molecule has 1 aliphatic rings. The number of hydrogen-bond acceptors (Lipinski definition) is 3. The molecule has 0 aromatic heterocycles. The first-order valence-electron chi connectivity index (χ1n) is 10.8. The van der Waals surface area contributed by atoms with Crippen LogP contribution in [0.4, 0.5) is 17.6 Å². The molecule has 1 amide bonds. The lowest BCUT2D eigenvalue weighted by molar-refractivity contribution is -0.258. The van der Waals surface area contributed by atoms with E-state index in [1.54, 1.807) is 17.0 Å². The number of rotatable bonds is 5. The summed E-state index contributed by atoms with van der Waals surface area (Å²) >= 11 is 0. The molecule has 1 saturated carbocycles. The van der Waals surface area contributed by atoms with Crippen LogP contribution in [0, 0.1) is 17.1 Å². The first-order valence-corrected chi connectivity index (χ1v) is 10.8. The largest absolute Gasteiger partial charge is 0.421 e. The van der Waals surface area contributed by atoms with Gasteiger partial charge in [0, 0.05) is 18.2 Å². The van der Waals surface area contributed by atoms with Crippen molar-refractivity contribution in [2.75, 3.05) is 6.54 Å². The lowest BCUT2D eigenvalue weighted by Crippen LogP contribution is -2.45. The molecule has 8 heteroatoms. The predicted octanol–water partition coefficient (Wildman–Crippen LogP) is 5.46. The summed E-state index contributed by atoms with van der Waals surface area (Å²) in [5, 5.41) is 19.7. The van der Waals surface area contributed by atoms with E-state index in [4.69, 9.17) is 0 Å². The van der Waals surface area contributed by atoms with Gasteiger partial charge in [-0.25, -0.2) is 4.39 Å². The molecule has 1 aliphatic carbocycles. The van der Waals surface area contributed by atoms with Crippen molar-refractivity contribution in [3.63, 3.8) is 0 Å². The quantitative estimate of drug-likeness (QED) is 0.600. The van der Waals surface area contributed by atoms with Crippen molar-refractivity contribution in [2.24, 2.45) is 0 Å². The summed E-state index contributed by atoms with van der Waals surface area (Å²) in [6, 6.07) is 13.0. The summed E-state index contributed by atoms with van der Waals surface area (Å²) < 4.78 is 52.5. The normalized spacial score (nSPS) is 22.8. The van der Waals surface area contributed by atoms with E-state index >= 15 is 0 Å². The van der Waals surface area contributed by atoms with Crippen LogP contribution in [-0.2, 0) is 11.0 Å². The topological polar surface area (TPSA) is 64.3 Å². The number of carbonyl (C=O) groups excluding carboxylic acids is 1. The van der Waals surface area contributed by atoms with Gasteiger partial charge in [-0.05, 0) is 74.9 Å². The van der Waals surface area contributed by atoms with Gasteiger partial charge in [0.1, 0.15) is 5.82 Å². The maximum atomic E-state index is 13.3. The highest BCUT2D eigenvalue weighted by Gasteiger charge is 2.51. The van der Waals surface area contributed by atoms with Gasteiger partial charge >= 0.3 is 6.18 Å². The van der Waals surface area contributed by atoms with E-state index in [-0.39, 0.29) is 28.9 Å². The van der Waals surface area contributed by atoms with Crippen LogP contribution in [0.15, 0.2) is 48.5 Å². The van der Waals surface area contributed by atoms with Crippen LogP contribution in [0.2, 0.25) is 0 Å². The number of amides is 1. The maximum Gasteiger partial charge on any atom is 0.421 e. The third-order valence-corrected chi connectivity index (χ3v) is 6.71. The summed E-state index contributed by atoms with van der Waals surface area (Å²) in [4.78, 5) is 14.8. The van der Waals surface area contributed by atoms with E-state index in [1.807, 2.05) is 6.92 Å². The number of halogens is 4. The second-order valence-electron chi connectivity index (χ2n) is 8.67. The molecule has 1 fully saturated rings. The lowest BCUT2D eigenvalue weighted by atomic mass is 9.69. The van der Waals surface area contributed by atoms with Crippen molar-refractivity contribution in [3.05, 3.63) is 71.0 Å². The Morgan fingerprint density at radius 2 is 1.67 bits per heavy atom. The van der Waals surface area contributed by atoms with Gasteiger partial charge in [0.25, 0.3) is 5.91 Å². The summed E-state index contributed by atoms with van der Waals surface area (Å²) in [5.41, 5.74) is -3.10. The molecule has 33 heavy (non-hydrogen) atoms. The highest BCUT2D eigenvalue weighted by atomic mass is 19.4. The number of nitriles is 1. The molecule has 176 valence electrons. The van der Waals surface area contributed by atoms with Crippen molar-refractivity contribution in [1.29, 1.82) is 5.26 Å². The number of aliphatic hydroxyl groups is 1. The van der Waals surface area contributed by atoms with Gasteiger partial charge in [-0.1, -0.05) is 24.3 Å². The molecule has 0 heterocycles. The highest BCUT2D eigenvalue weighted by molar-refractivity contribution is 5.94. The highest BCUT2D eigenvalue weighted by Crippen LogP contribution is 2.41. The fraction of sp³-hybridized carbons (Fsp3) is 0.440. The first kappa shape index (κ1) is 24.7. The minimum atomic E-state index is -4.84. The maximum absolute atomic E-state index is 13.3. The van der Waals surface area contributed by atoms with Crippen molar-refractivity contribution in [1.82, 2.24) is 4.90 Å². The molecule has 0 bridgehead atoms. The molecule has 0 aliphatic heterocycles. The summed E-state index contributed by atoms with van der Waals surface area (Å²) in [6.45, 7) is 2.90. The zero-order chi connectivity index (χ0) is 24.4. The van der Waals surface area contributed by atoms with Crippen LogP contribution in [0.25, 0.3) is 0 Å². The molecular weight excluding hydrogens is 436 g/mol. The SMILES string of the molecule is CCN(C(=O)c1ccc([C@](C)(O)C(F)(F)F)cc1)[C@H]1CC[C@](C#N)(c2ccc(F)cc2)CC1. The Kier molecular flexibility index (Phi) is 6.85. The van der Waals surface area contributed by atoms with E-state index in [2.05, 4.69) is 6.07 Å². The zero-order valence-electron chi connectivity index (χ0n) is 18.5. The van der Waals surface area contributed by atoms with E-state index in [0.29, 0.717) is 39.2 Å². The molecule has 4 nitrogen and oxygen atoms in total. The van der Waals surface area contributed by atoms with Crippen LogP contribution in [0.3, 0.4) is 0 Å². The average Bonchev–Trinajstić information content (AvgIpc) is 2.80. The Balaban J connectivity index is 1.74. The van der Waals surface area contributed by atoms with Gasteiger partial charge in [-0.3, -0.25) is 4.79 Å². The molecule has 1 N–H and O–H groups in total. The van der Waals surface area contributed by atoms with E-state index in [0.717, 1.165) is 17.7 Å². The third-order valence-electron chi connectivity index (χ3n) is 6.71. The Bertz CT molecular complexity index is 1020. The van der Waals surface area contributed by atoms with E-state index in [9.17, 15) is 32.7 Å². The Hall–Kier alpha value is -2.92. The van der Waals surface area contributed by atoms with Crippen LogP contribution in [-0.4, -0.2) is 34.7 Å². The Morgan fingerprint density at radius 1 is 1.12 bits per heavy atom. The number of carbonyl (C=O) groups is 1. The number of nitrogens with zero attached hydrogens (tertiary/aromatic N) is 2. The number of benzene rings is 2. The molecule has 0 saturated heterocycles. The van der Waals surface area contributed by atoms with Crippen molar-refractivity contribution >= 4 is 5.91 Å². The fourth-order valence-electron chi connectivity index (χ4n) is 4.48. The van der Waals surface area contributed by atoms with Crippen molar-refractivity contribution in [3.8, 4) is 6.07 Å². The van der Waals surface area contributed by atoms with E-state index < -0.39 is 17.2 Å².